The molecule has 0 saturated heterocycles. The minimum Gasteiger partial charge on any atom is -0.349 e. The molecular weight excluding hydrogens is 404 g/mol. The number of nitrogens with one attached hydrogen (secondary N) is 1. The van der Waals surface area contributed by atoms with E-state index < -0.39 is 0 Å². The number of aromatic nitrogens is 3. The predicted molar refractivity (Wildman–Crippen MR) is 124 cm³/mol. The number of hydrogen-bond acceptors (Lipinski definition) is 5. The van der Waals surface area contributed by atoms with Gasteiger partial charge in [-0.25, -0.2) is 4.98 Å². The third-order valence-corrected chi connectivity index (χ3v) is 5.61. The first kappa shape index (κ1) is 20.8. The van der Waals surface area contributed by atoms with E-state index in [1.807, 2.05) is 97.9 Å². The van der Waals surface area contributed by atoms with Crippen molar-refractivity contribution in [1.29, 1.82) is 0 Å². The summed E-state index contributed by atoms with van der Waals surface area (Å²) in [6, 6.07) is 29.6. The van der Waals surface area contributed by atoms with Crippen LogP contribution in [0.5, 0.6) is 0 Å². The topological polar surface area (TPSA) is 67.8 Å². The zero-order valence-electron chi connectivity index (χ0n) is 17.1. The van der Waals surface area contributed by atoms with Crippen molar-refractivity contribution < 1.29 is 4.79 Å². The first-order chi connectivity index (χ1) is 15.2. The van der Waals surface area contributed by atoms with Crippen molar-refractivity contribution in [2.24, 2.45) is 0 Å². The maximum Gasteiger partial charge on any atom is 0.230 e. The van der Waals surface area contributed by atoms with Gasteiger partial charge in [0, 0.05) is 11.1 Å². The zero-order valence-corrected chi connectivity index (χ0v) is 17.9. The lowest BCUT2D eigenvalue weighted by Crippen LogP contribution is -2.28. The molecule has 1 atom stereocenters. The van der Waals surface area contributed by atoms with E-state index >= 15 is 0 Å². The molecule has 0 fully saturated rings. The molecule has 0 bridgehead atoms. The molecule has 154 valence electrons. The molecule has 0 saturated carbocycles. The van der Waals surface area contributed by atoms with Crippen LogP contribution in [0, 0.1) is 0 Å². The molecule has 6 heteroatoms. The summed E-state index contributed by atoms with van der Waals surface area (Å²) in [6.07, 6.45) is 0. The minimum atomic E-state index is -0.0710. The van der Waals surface area contributed by atoms with Gasteiger partial charge in [-0.1, -0.05) is 103 Å². The third kappa shape index (κ3) is 5.35. The van der Waals surface area contributed by atoms with Gasteiger partial charge in [0.05, 0.1) is 11.8 Å². The highest BCUT2D eigenvalue weighted by Crippen LogP contribution is 2.29. The van der Waals surface area contributed by atoms with Crippen LogP contribution in [0.2, 0.25) is 0 Å². The number of rotatable bonds is 7. The Hall–Kier alpha value is -3.51. The van der Waals surface area contributed by atoms with Crippen LogP contribution in [0.15, 0.2) is 96.2 Å². The maximum absolute atomic E-state index is 12.4. The van der Waals surface area contributed by atoms with Gasteiger partial charge in [-0.2, -0.15) is 0 Å². The fraction of sp³-hybridized carbons (Fsp3) is 0.120. The van der Waals surface area contributed by atoms with Crippen LogP contribution in [-0.4, -0.2) is 26.8 Å². The lowest BCUT2D eigenvalue weighted by atomic mass is 10.0. The Morgan fingerprint density at radius 2 is 1.35 bits per heavy atom. The summed E-state index contributed by atoms with van der Waals surface area (Å²) in [5.74, 6) is 0.149. The molecule has 0 aliphatic heterocycles. The molecule has 0 radical (unpaired) electrons. The average molecular weight is 427 g/mol. The van der Waals surface area contributed by atoms with Gasteiger partial charge in [-0.05, 0) is 12.5 Å². The SMILES string of the molecule is C[C@H](NC(=O)CSc1nnc(-c2ccccc2)c(-c2ccccc2)n1)c1ccccc1. The highest BCUT2D eigenvalue weighted by atomic mass is 32.2. The van der Waals surface area contributed by atoms with Crippen LogP contribution in [0.4, 0.5) is 0 Å². The van der Waals surface area contributed by atoms with Gasteiger partial charge in [-0.15, -0.1) is 10.2 Å². The van der Waals surface area contributed by atoms with Crippen molar-refractivity contribution in [1.82, 2.24) is 20.5 Å². The molecule has 1 amide bonds. The van der Waals surface area contributed by atoms with Gasteiger partial charge in [0.15, 0.2) is 0 Å². The van der Waals surface area contributed by atoms with Crippen molar-refractivity contribution >= 4 is 17.7 Å². The molecular formula is C25H22N4OS. The van der Waals surface area contributed by atoms with E-state index in [0.717, 1.165) is 28.1 Å². The van der Waals surface area contributed by atoms with Crippen molar-refractivity contribution in [3.8, 4) is 22.5 Å². The summed E-state index contributed by atoms with van der Waals surface area (Å²) in [4.78, 5) is 17.2. The third-order valence-electron chi connectivity index (χ3n) is 4.77. The Balaban J connectivity index is 1.51. The summed E-state index contributed by atoms with van der Waals surface area (Å²) >= 11 is 1.28. The summed E-state index contributed by atoms with van der Waals surface area (Å²) in [7, 11) is 0. The van der Waals surface area contributed by atoms with Gasteiger partial charge >= 0.3 is 0 Å². The van der Waals surface area contributed by atoms with E-state index in [1.165, 1.54) is 11.8 Å². The normalized spacial score (nSPS) is 11.6. The number of benzene rings is 3. The molecule has 0 unspecified atom stereocenters. The van der Waals surface area contributed by atoms with Crippen LogP contribution in [0.25, 0.3) is 22.5 Å². The molecule has 0 aliphatic rings. The second-order valence-corrected chi connectivity index (χ2v) is 7.95. The summed E-state index contributed by atoms with van der Waals surface area (Å²) in [6.45, 7) is 1.97. The number of carbonyl (C=O) groups excluding carboxylic acids is 1. The Morgan fingerprint density at radius 1 is 0.806 bits per heavy atom. The fourth-order valence-electron chi connectivity index (χ4n) is 3.20. The first-order valence-electron chi connectivity index (χ1n) is 10.0. The second kappa shape index (κ2) is 10.00. The van der Waals surface area contributed by atoms with Gasteiger partial charge in [0.25, 0.3) is 0 Å². The molecule has 1 N–H and O–H groups in total. The molecule has 4 rings (SSSR count). The van der Waals surface area contributed by atoms with E-state index in [-0.39, 0.29) is 17.7 Å². The summed E-state index contributed by atoms with van der Waals surface area (Å²) < 4.78 is 0. The minimum absolute atomic E-state index is 0.0614. The van der Waals surface area contributed by atoms with E-state index in [2.05, 4.69) is 15.5 Å². The first-order valence-corrected chi connectivity index (χ1v) is 11.0. The Morgan fingerprint density at radius 3 is 1.97 bits per heavy atom. The predicted octanol–water partition coefficient (Wildman–Crippen LogP) is 5.18. The van der Waals surface area contributed by atoms with E-state index in [4.69, 9.17) is 4.98 Å². The van der Waals surface area contributed by atoms with Crippen LogP contribution in [0.3, 0.4) is 0 Å². The van der Waals surface area contributed by atoms with Crippen LogP contribution in [-0.2, 0) is 4.79 Å². The van der Waals surface area contributed by atoms with Crippen molar-refractivity contribution in [3.05, 3.63) is 96.6 Å². The number of thioether (sulfide) groups is 1. The number of nitrogens with zero attached hydrogens (tertiary/aromatic N) is 3. The monoisotopic (exact) mass is 426 g/mol. The Labute approximate surface area is 186 Å². The fourth-order valence-corrected chi connectivity index (χ4v) is 3.80. The largest absolute Gasteiger partial charge is 0.349 e. The molecule has 31 heavy (non-hydrogen) atoms. The summed E-state index contributed by atoms with van der Waals surface area (Å²) in [5.41, 5.74) is 4.45. The standard InChI is InChI=1S/C25H22N4OS/c1-18(19-11-5-2-6-12-19)26-22(30)17-31-25-27-23(20-13-7-3-8-14-20)24(28-29-25)21-15-9-4-10-16-21/h2-16,18H,17H2,1H3,(H,26,30)/t18-/m0/s1. The molecule has 4 aromatic rings. The Kier molecular flexibility index (Phi) is 6.69. The zero-order chi connectivity index (χ0) is 21.5. The highest BCUT2D eigenvalue weighted by Gasteiger charge is 2.15. The lowest BCUT2D eigenvalue weighted by Gasteiger charge is -2.14. The number of amides is 1. The highest BCUT2D eigenvalue weighted by molar-refractivity contribution is 7.99. The molecule has 0 spiro atoms. The molecule has 1 aromatic heterocycles. The lowest BCUT2D eigenvalue weighted by molar-refractivity contribution is -0.119. The van der Waals surface area contributed by atoms with Gasteiger partial charge < -0.3 is 5.32 Å². The quantitative estimate of drug-likeness (QED) is 0.413. The van der Waals surface area contributed by atoms with Crippen LogP contribution < -0.4 is 5.32 Å². The second-order valence-electron chi connectivity index (χ2n) is 7.01. The summed E-state index contributed by atoms with van der Waals surface area (Å²) in [5, 5.41) is 12.2. The van der Waals surface area contributed by atoms with Crippen molar-refractivity contribution in [2.75, 3.05) is 5.75 Å². The van der Waals surface area contributed by atoms with E-state index in [0.29, 0.717) is 5.16 Å². The van der Waals surface area contributed by atoms with Gasteiger partial charge in [0.2, 0.25) is 11.1 Å². The molecule has 3 aromatic carbocycles. The number of carbonyl (C=O) groups is 1. The van der Waals surface area contributed by atoms with Crippen LogP contribution >= 0.6 is 11.8 Å². The number of hydrogen-bond donors (Lipinski definition) is 1. The molecule has 5 nitrogen and oxygen atoms in total. The van der Waals surface area contributed by atoms with Crippen molar-refractivity contribution in [3.63, 3.8) is 0 Å². The van der Waals surface area contributed by atoms with Crippen molar-refractivity contribution in [2.45, 2.75) is 18.1 Å². The van der Waals surface area contributed by atoms with E-state index in [1.54, 1.807) is 0 Å². The smallest absolute Gasteiger partial charge is 0.230 e. The molecule has 0 aliphatic carbocycles. The van der Waals surface area contributed by atoms with Gasteiger partial charge in [-0.3, -0.25) is 4.79 Å². The maximum atomic E-state index is 12.4. The molecule has 1 heterocycles. The van der Waals surface area contributed by atoms with Gasteiger partial charge in [0.1, 0.15) is 11.4 Å². The van der Waals surface area contributed by atoms with E-state index in [9.17, 15) is 4.79 Å². The van der Waals surface area contributed by atoms with Crippen LogP contribution in [0.1, 0.15) is 18.5 Å². The Bertz CT molecular complexity index is 1140. The average Bonchev–Trinajstić information content (AvgIpc) is 2.84.